The molecule has 0 N–H and O–H groups in total. The molecular formula is C27H22O5. The molecule has 1 heterocycles. The van der Waals surface area contributed by atoms with Crippen LogP contribution in [0.25, 0.3) is 17.0 Å². The monoisotopic (exact) mass is 426 g/mol. The van der Waals surface area contributed by atoms with E-state index in [4.69, 9.17) is 13.9 Å². The van der Waals surface area contributed by atoms with Crippen molar-refractivity contribution >= 4 is 23.0 Å². The van der Waals surface area contributed by atoms with E-state index in [1.807, 2.05) is 54.6 Å². The van der Waals surface area contributed by atoms with Gasteiger partial charge in [-0.3, -0.25) is 4.79 Å². The van der Waals surface area contributed by atoms with Crippen molar-refractivity contribution in [1.82, 2.24) is 0 Å². The number of para-hydroxylation sites is 1. The van der Waals surface area contributed by atoms with Crippen LogP contribution >= 0.6 is 0 Å². The highest BCUT2D eigenvalue weighted by atomic mass is 16.5. The van der Waals surface area contributed by atoms with E-state index < -0.39 is 5.97 Å². The third-order valence-corrected chi connectivity index (χ3v) is 4.91. The number of fused-ring (bicyclic) bond motifs is 1. The van der Waals surface area contributed by atoms with Crippen molar-refractivity contribution in [3.63, 3.8) is 0 Å². The molecule has 0 bridgehead atoms. The quantitative estimate of drug-likeness (QED) is 0.205. The van der Waals surface area contributed by atoms with E-state index in [0.29, 0.717) is 16.7 Å². The molecule has 5 nitrogen and oxygen atoms in total. The number of esters is 1. The van der Waals surface area contributed by atoms with Gasteiger partial charge in [0.05, 0.1) is 5.39 Å². The lowest BCUT2D eigenvalue weighted by atomic mass is 10.0. The molecule has 0 radical (unpaired) electrons. The summed E-state index contributed by atoms with van der Waals surface area (Å²) in [5, 5.41) is 0.337. The lowest BCUT2D eigenvalue weighted by molar-refractivity contribution is -0.128. The summed E-state index contributed by atoms with van der Waals surface area (Å²) >= 11 is 0. The minimum absolute atomic E-state index is 0.0983. The molecule has 0 aliphatic heterocycles. The van der Waals surface area contributed by atoms with Gasteiger partial charge in [-0.05, 0) is 41.3 Å². The van der Waals surface area contributed by atoms with Gasteiger partial charge in [-0.1, -0.05) is 62.4 Å². The fourth-order valence-corrected chi connectivity index (χ4v) is 3.27. The number of carbonyl (C=O) groups is 1. The van der Waals surface area contributed by atoms with E-state index in [1.54, 1.807) is 18.2 Å². The zero-order chi connectivity index (χ0) is 22.5. The maximum atomic E-state index is 12.9. The number of hydrogen-bond donors (Lipinski definition) is 0. The summed E-state index contributed by atoms with van der Waals surface area (Å²) in [6, 6.07) is 21.6. The summed E-state index contributed by atoms with van der Waals surface area (Å²) in [4.78, 5) is 25.0. The van der Waals surface area contributed by atoms with Gasteiger partial charge in [0.15, 0.2) is 0 Å². The Morgan fingerprint density at radius 1 is 0.938 bits per heavy atom. The summed E-state index contributed by atoms with van der Waals surface area (Å²) in [7, 11) is 0. The second-order valence-electron chi connectivity index (χ2n) is 7.55. The van der Waals surface area contributed by atoms with Crippen LogP contribution in [0.2, 0.25) is 0 Å². The Morgan fingerprint density at radius 3 is 2.47 bits per heavy atom. The zero-order valence-electron chi connectivity index (χ0n) is 17.8. The van der Waals surface area contributed by atoms with E-state index in [9.17, 15) is 9.59 Å². The van der Waals surface area contributed by atoms with Gasteiger partial charge in [-0.15, -0.1) is 0 Å². The van der Waals surface area contributed by atoms with Crippen LogP contribution in [0.15, 0.2) is 94.3 Å². The van der Waals surface area contributed by atoms with E-state index in [-0.39, 0.29) is 22.8 Å². The highest BCUT2D eigenvalue weighted by Crippen LogP contribution is 2.30. The van der Waals surface area contributed by atoms with Gasteiger partial charge in [0, 0.05) is 12.1 Å². The number of hydrogen-bond acceptors (Lipinski definition) is 5. The maximum Gasteiger partial charge on any atom is 0.336 e. The van der Waals surface area contributed by atoms with Gasteiger partial charge in [0.25, 0.3) is 0 Å². The molecule has 4 rings (SSSR count). The fraction of sp³-hybridized carbons (Fsp3) is 0.111. The standard InChI is InChI=1S/C27H22O5/c1-18(2)21-10-6-7-11-23(21)32-25-17-30-24-16-20(13-14-22(24)27(25)29)31-26(28)15-12-19-8-4-3-5-9-19/h3-18H,1-2H3. The molecule has 0 unspecified atom stereocenters. The highest BCUT2D eigenvalue weighted by molar-refractivity contribution is 5.89. The van der Waals surface area contributed by atoms with Crippen LogP contribution in [0.4, 0.5) is 0 Å². The van der Waals surface area contributed by atoms with Crippen LogP contribution in [0.3, 0.4) is 0 Å². The molecule has 0 atom stereocenters. The number of carbonyl (C=O) groups excluding carboxylic acids is 1. The van der Waals surface area contributed by atoms with Gasteiger partial charge >= 0.3 is 5.97 Å². The molecule has 160 valence electrons. The molecule has 0 amide bonds. The molecule has 0 saturated heterocycles. The van der Waals surface area contributed by atoms with Gasteiger partial charge in [-0.25, -0.2) is 4.79 Å². The average Bonchev–Trinajstić information content (AvgIpc) is 2.80. The molecule has 1 aromatic heterocycles. The lowest BCUT2D eigenvalue weighted by Gasteiger charge is -2.13. The van der Waals surface area contributed by atoms with Crippen molar-refractivity contribution in [2.24, 2.45) is 0 Å². The third kappa shape index (κ3) is 4.78. The molecule has 3 aromatic carbocycles. The number of benzene rings is 3. The van der Waals surface area contributed by atoms with E-state index in [1.165, 1.54) is 18.4 Å². The van der Waals surface area contributed by atoms with E-state index in [0.717, 1.165) is 11.1 Å². The Morgan fingerprint density at radius 2 is 1.69 bits per heavy atom. The largest absolute Gasteiger partial charge is 0.460 e. The van der Waals surface area contributed by atoms with Gasteiger partial charge in [-0.2, -0.15) is 0 Å². The fourth-order valence-electron chi connectivity index (χ4n) is 3.27. The van der Waals surface area contributed by atoms with E-state index in [2.05, 4.69) is 13.8 Å². The Kier molecular flexibility index (Phi) is 6.17. The van der Waals surface area contributed by atoms with Crippen molar-refractivity contribution in [3.05, 3.63) is 106 Å². The molecule has 0 aliphatic carbocycles. The molecule has 0 saturated carbocycles. The molecule has 4 aromatic rings. The predicted molar refractivity (Wildman–Crippen MR) is 124 cm³/mol. The van der Waals surface area contributed by atoms with Crippen LogP contribution in [-0.2, 0) is 4.79 Å². The second-order valence-corrected chi connectivity index (χ2v) is 7.55. The third-order valence-electron chi connectivity index (χ3n) is 4.91. The van der Waals surface area contributed by atoms with Crippen molar-refractivity contribution in [1.29, 1.82) is 0 Å². The van der Waals surface area contributed by atoms with Crippen LogP contribution < -0.4 is 14.9 Å². The molecular weight excluding hydrogens is 404 g/mol. The first-order valence-corrected chi connectivity index (χ1v) is 10.3. The topological polar surface area (TPSA) is 65.7 Å². The van der Waals surface area contributed by atoms with Crippen LogP contribution in [-0.4, -0.2) is 5.97 Å². The Bertz CT molecular complexity index is 1330. The Balaban J connectivity index is 1.54. The minimum atomic E-state index is -0.527. The predicted octanol–water partition coefficient (Wildman–Crippen LogP) is 6.33. The van der Waals surface area contributed by atoms with Gasteiger partial charge < -0.3 is 13.9 Å². The van der Waals surface area contributed by atoms with Crippen molar-refractivity contribution < 1.29 is 18.7 Å². The SMILES string of the molecule is CC(C)c1ccccc1Oc1coc2cc(OC(=O)C=Cc3ccccc3)ccc2c1=O. The summed E-state index contributed by atoms with van der Waals surface area (Å²) in [5.74, 6) is 0.709. The Hall–Kier alpha value is -4.12. The van der Waals surface area contributed by atoms with Gasteiger partial charge in [0.1, 0.15) is 23.3 Å². The Labute approximate surface area is 185 Å². The minimum Gasteiger partial charge on any atom is -0.460 e. The smallest absolute Gasteiger partial charge is 0.336 e. The average molecular weight is 426 g/mol. The first kappa shape index (κ1) is 21.1. The maximum absolute atomic E-state index is 12.9. The normalized spacial score (nSPS) is 11.2. The lowest BCUT2D eigenvalue weighted by Crippen LogP contribution is -2.07. The first-order chi connectivity index (χ1) is 15.5. The summed E-state index contributed by atoms with van der Waals surface area (Å²) in [6.07, 6.45) is 4.30. The summed E-state index contributed by atoms with van der Waals surface area (Å²) < 4.78 is 16.8. The number of ether oxygens (including phenoxy) is 2. The van der Waals surface area contributed by atoms with Crippen LogP contribution in [0, 0.1) is 0 Å². The molecule has 0 spiro atoms. The van der Waals surface area contributed by atoms with Crippen molar-refractivity contribution in [2.75, 3.05) is 0 Å². The molecule has 5 heteroatoms. The molecule has 0 aliphatic rings. The first-order valence-electron chi connectivity index (χ1n) is 10.3. The highest BCUT2D eigenvalue weighted by Gasteiger charge is 2.14. The summed E-state index contributed by atoms with van der Waals surface area (Å²) in [5.41, 5.74) is 1.89. The van der Waals surface area contributed by atoms with Crippen LogP contribution in [0.5, 0.6) is 17.2 Å². The van der Waals surface area contributed by atoms with Crippen molar-refractivity contribution in [2.45, 2.75) is 19.8 Å². The van der Waals surface area contributed by atoms with E-state index >= 15 is 0 Å². The zero-order valence-corrected chi connectivity index (χ0v) is 17.8. The van der Waals surface area contributed by atoms with Crippen LogP contribution in [0.1, 0.15) is 30.9 Å². The summed E-state index contributed by atoms with van der Waals surface area (Å²) in [6.45, 7) is 4.12. The number of rotatable bonds is 6. The second kappa shape index (κ2) is 9.35. The van der Waals surface area contributed by atoms with Crippen molar-refractivity contribution in [3.8, 4) is 17.2 Å². The molecule has 0 fully saturated rings. The van der Waals surface area contributed by atoms with Gasteiger partial charge in [0.2, 0.25) is 11.2 Å². The molecule has 32 heavy (non-hydrogen) atoms.